The summed E-state index contributed by atoms with van der Waals surface area (Å²) in [7, 11) is 1.83. The topological polar surface area (TPSA) is 81.0 Å². The fourth-order valence-electron chi connectivity index (χ4n) is 3.76. The normalized spacial score (nSPS) is 17.7. The van der Waals surface area contributed by atoms with Gasteiger partial charge in [0.25, 0.3) is 5.95 Å². The quantitative estimate of drug-likeness (QED) is 0.615. The maximum absolute atomic E-state index is 9.96. The number of para-hydroxylation sites is 1. The van der Waals surface area contributed by atoms with Crippen LogP contribution in [0.3, 0.4) is 0 Å². The lowest BCUT2D eigenvalue weighted by Crippen LogP contribution is -2.35. The summed E-state index contributed by atoms with van der Waals surface area (Å²) in [6.45, 7) is 3.92. The maximum atomic E-state index is 9.96. The van der Waals surface area contributed by atoms with Gasteiger partial charge < -0.3 is 14.9 Å². The Balaban J connectivity index is 1.62. The van der Waals surface area contributed by atoms with Crippen molar-refractivity contribution >= 4 is 24.1 Å². The van der Waals surface area contributed by atoms with Crippen molar-refractivity contribution < 1.29 is 5.11 Å². The van der Waals surface area contributed by atoms with E-state index in [1.54, 1.807) is 23.4 Å². The first-order chi connectivity index (χ1) is 14.2. The van der Waals surface area contributed by atoms with Crippen LogP contribution in [0.2, 0.25) is 0 Å². The molecule has 2 fully saturated rings. The SMILES string of the molecule is CN(/N=C/c1ccccc1O)c1nc(N2CCCCC2)nc(N2CCCCC2)n1. The van der Waals surface area contributed by atoms with E-state index in [4.69, 9.17) is 15.0 Å². The van der Waals surface area contributed by atoms with Crippen molar-refractivity contribution in [1.82, 2.24) is 15.0 Å². The molecule has 2 aromatic rings. The van der Waals surface area contributed by atoms with Gasteiger partial charge in [0.15, 0.2) is 0 Å². The number of hydrogen-bond donors (Lipinski definition) is 1. The summed E-state index contributed by atoms with van der Waals surface area (Å²) >= 11 is 0. The van der Waals surface area contributed by atoms with Crippen molar-refractivity contribution in [1.29, 1.82) is 0 Å². The average Bonchev–Trinajstić information content (AvgIpc) is 2.79. The molecule has 8 nitrogen and oxygen atoms in total. The highest BCUT2D eigenvalue weighted by atomic mass is 16.3. The predicted octanol–water partition coefficient (Wildman–Crippen LogP) is 3.03. The number of rotatable bonds is 5. The molecule has 0 spiro atoms. The van der Waals surface area contributed by atoms with Gasteiger partial charge in [-0.15, -0.1) is 0 Å². The van der Waals surface area contributed by atoms with Crippen molar-refractivity contribution in [2.45, 2.75) is 38.5 Å². The van der Waals surface area contributed by atoms with E-state index >= 15 is 0 Å². The second-order valence-electron chi connectivity index (χ2n) is 7.66. The Morgan fingerprint density at radius 2 is 1.41 bits per heavy atom. The number of phenols is 1. The summed E-state index contributed by atoms with van der Waals surface area (Å²) in [6, 6.07) is 7.12. The third-order valence-electron chi connectivity index (χ3n) is 5.47. The highest BCUT2D eigenvalue weighted by Gasteiger charge is 2.21. The summed E-state index contributed by atoms with van der Waals surface area (Å²) in [5.74, 6) is 2.19. The van der Waals surface area contributed by atoms with Gasteiger partial charge in [-0.25, -0.2) is 5.01 Å². The Morgan fingerprint density at radius 3 is 1.97 bits per heavy atom. The minimum absolute atomic E-state index is 0.198. The summed E-state index contributed by atoms with van der Waals surface area (Å²) in [4.78, 5) is 18.7. The second kappa shape index (κ2) is 9.07. The number of anilines is 3. The van der Waals surface area contributed by atoms with Crippen LogP contribution in [0.25, 0.3) is 0 Å². The van der Waals surface area contributed by atoms with Crippen LogP contribution in [0.15, 0.2) is 29.4 Å². The van der Waals surface area contributed by atoms with Crippen molar-refractivity contribution in [3.63, 3.8) is 0 Å². The molecule has 0 amide bonds. The number of nitrogens with zero attached hydrogens (tertiary/aromatic N) is 7. The number of hydrazone groups is 1. The molecule has 29 heavy (non-hydrogen) atoms. The number of phenolic OH excluding ortho intramolecular Hbond substituents is 1. The zero-order chi connectivity index (χ0) is 20.1. The molecule has 0 atom stereocenters. The maximum Gasteiger partial charge on any atom is 0.252 e. The zero-order valence-electron chi connectivity index (χ0n) is 17.0. The van der Waals surface area contributed by atoms with Crippen LogP contribution in [0.1, 0.15) is 44.1 Å². The van der Waals surface area contributed by atoms with Crippen molar-refractivity contribution in [2.24, 2.45) is 5.10 Å². The van der Waals surface area contributed by atoms with Gasteiger partial charge >= 0.3 is 0 Å². The van der Waals surface area contributed by atoms with Crippen LogP contribution in [0, 0.1) is 0 Å². The van der Waals surface area contributed by atoms with E-state index in [1.807, 2.05) is 19.2 Å². The van der Waals surface area contributed by atoms with Crippen LogP contribution in [0.5, 0.6) is 5.75 Å². The van der Waals surface area contributed by atoms with Gasteiger partial charge in [0.2, 0.25) is 11.9 Å². The lowest BCUT2D eigenvalue weighted by Gasteiger charge is -2.30. The highest BCUT2D eigenvalue weighted by Crippen LogP contribution is 2.24. The number of benzene rings is 1. The Bertz CT molecular complexity index is 808. The van der Waals surface area contributed by atoms with Crippen LogP contribution in [0.4, 0.5) is 17.8 Å². The molecule has 1 aromatic heterocycles. The van der Waals surface area contributed by atoms with E-state index in [0.29, 0.717) is 11.5 Å². The van der Waals surface area contributed by atoms with E-state index in [1.165, 1.54) is 38.5 Å². The number of aromatic hydroxyl groups is 1. The summed E-state index contributed by atoms with van der Waals surface area (Å²) in [6.07, 6.45) is 8.82. The molecule has 2 aliphatic rings. The average molecular weight is 396 g/mol. The van der Waals surface area contributed by atoms with E-state index in [2.05, 4.69) is 14.9 Å². The Hall–Kier alpha value is -2.90. The van der Waals surface area contributed by atoms with Gasteiger partial charge in [-0.05, 0) is 50.7 Å². The monoisotopic (exact) mass is 395 g/mol. The minimum Gasteiger partial charge on any atom is -0.507 e. The Kier molecular flexibility index (Phi) is 6.07. The Labute approximate surface area is 171 Å². The molecule has 0 radical (unpaired) electrons. The molecule has 8 heteroatoms. The number of aromatic nitrogens is 3. The molecule has 2 saturated heterocycles. The third kappa shape index (κ3) is 4.75. The molecule has 3 heterocycles. The van der Waals surface area contributed by atoms with E-state index in [0.717, 1.165) is 38.1 Å². The van der Waals surface area contributed by atoms with Crippen LogP contribution < -0.4 is 14.8 Å². The smallest absolute Gasteiger partial charge is 0.252 e. The minimum atomic E-state index is 0.198. The fraction of sp³-hybridized carbons (Fsp3) is 0.524. The summed E-state index contributed by atoms with van der Waals surface area (Å²) < 4.78 is 0. The van der Waals surface area contributed by atoms with Crippen molar-refractivity contribution in [3.8, 4) is 5.75 Å². The Morgan fingerprint density at radius 1 is 0.862 bits per heavy atom. The molecule has 2 aliphatic heterocycles. The van der Waals surface area contributed by atoms with Gasteiger partial charge in [0, 0.05) is 38.8 Å². The van der Waals surface area contributed by atoms with Gasteiger partial charge in [0.1, 0.15) is 5.75 Å². The van der Waals surface area contributed by atoms with Crippen LogP contribution >= 0.6 is 0 Å². The molecule has 4 rings (SSSR count). The summed E-state index contributed by atoms with van der Waals surface area (Å²) in [5.41, 5.74) is 0.654. The first kappa shape index (κ1) is 19.4. The molecule has 1 N–H and O–H groups in total. The molecule has 0 unspecified atom stereocenters. The molecule has 0 aliphatic carbocycles. The fourth-order valence-corrected chi connectivity index (χ4v) is 3.76. The molecule has 0 bridgehead atoms. The zero-order valence-corrected chi connectivity index (χ0v) is 17.0. The molecule has 0 saturated carbocycles. The molecular weight excluding hydrogens is 366 g/mol. The van der Waals surface area contributed by atoms with Gasteiger partial charge in [-0.2, -0.15) is 20.1 Å². The number of piperidine rings is 2. The van der Waals surface area contributed by atoms with E-state index in [-0.39, 0.29) is 5.75 Å². The standard InChI is InChI=1S/C21H29N7O/c1-26(22-16-17-10-4-5-11-18(17)29)19-23-20(27-12-6-2-7-13-27)25-21(24-19)28-14-8-3-9-15-28/h4-5,10-11,16,29H,2-3,6-9,12-15H2,1H3/b22-16+. The van der Waals surface area contributed by atoms with Gasteiger partial charge in [0.05, 0.1) is 6.21 Å². The highest BCUT2D eigenvalue weighted by molar-refractivity contribution is 5.83. The molecule has 154 valence electrons. The van der Waals surface area contributed by atoms with Crippen LogP contribution in [-0.2, 0) is 0 Å². The second-order valence-corrected chi connectivity index (χ2v) is 7.66. The predicted molar refractivity (Wildman–Crippen MR) is 116 cm³/mol. The molecular formula is C21H29N7O. The van der Waals surface area contributed by atoms with Crippen molar-refractivity contribution in [3.05, 3.63) is 29.8 Å². The third-order valence-corrected chi connectivity index (χ3v) is 5.47. The van der Waals surface area contributed by atoms with E-state index < -0.39 is 0 Å². The van der Waals surface area contributed by atoms with E-state index in [9.17, 15) is 5.11 Å². The molecule has 1 aromatic carbocycles. The van der Waals surface area contributed by atoms with Gasteiger partial charge in [-0.1, -0.05) is 12.1 Å². The largest absolute Gasteiger partial charge is 0.507 e. The first-order valence-electron chi connectivity index (χ1n) is 10.5. The summed E-state index contributed by atoms with van der Waals surface area (Å²) in [5, 5.41) is 16.1. The lowest BCUT2D eigenvalue weighted by molar-refractivity contribution is 0.474. The van der Waals surface area contributed by atoms with Gasteiger partial charge in [-0.3, -0.25) is 0 Å². The lowest BCUT2D eigenvalue weighted by atomic mass is 10.1. The van der Waals surface area contributed by atoms with Crippen molar-refractivity contribution in [2.75, 3.05) is 48.0 Å². The number of hydrogen-bond acceptors (Lipinski definition) is 8. The first-order valence-corrected chi connectivity index (χ1v) is 10.5. The van der Waals surface area contributed by atoms with Crippen LogP contribution in [-0.4, -0.2) is 59.5 Å².